The van der Waals surface area contributed by atoms with Crippen LogP contribution in [0.3, 0.4) is 0 Å². The Bertz CT molecular complexity index is 407. The molecule has 0 aromatic heterocycles. The summed E-state index contributed by atoms with van der Waals surface area (Å²) in [6.07, 6.45) is -4.23. The van der Waals surface area contributed by atoms with Crippen LogP contribution in [0.4, 0.5) is 13.2 Å². The van der Waals surface area contributed by atoms with Crippen molar-refractivity contribution in [1.82, 2.24) is 5.32 Å². The second kappa shape index (κ2) is 4.44. The summed E-state index contributed by atoms with van der Waals surface area (Å²) in [4.78, 5) is 0. The van der Waals surface area contributed by atoms with E-state index in [1.807, 2.05) is 0 Å². The normalized spacial score (nSPS) is 25.2. The van der Waals surface area contributed by atoms with E-state index in [1.54, 1.807) is 6.07 Å². The number of rotatable bonds is 1. The van der Waals surface area contributed by atoms with Gasteiger partial charge in [-0.3, -0.25) is 0 Å². The van der Waals surface area contributed by atoms with Gasteiger partial charge < -0.3 is 5.32 Å². The number of benzene rings is 1. The van der Waals surface area contributed by atoms with Gasteiger partial charge in [0, 0.05) is 16.0 Å². The van der Waals surface area contributed by atoms with E-state index >= 15 is 0 Å². The Balaban J connectivity index is 2.53. The molecular formula is C11H10BrClF3N. The van der Waals surface area contributed by atoms with Crippen LogP contribution in [-0.4, -0.2) is 19.3 Å². The number of hydrogen-bond donors (Lipinski definition) is 1. The lowest BCUT2D eigenvalue weighted by Crippen LogP contribution is -2.44. The molecule has 1 aliphatic heterocycles. The summed E-state index contributed by atoms with van der Waals surface area (Å²) in [5.74, 6) is 0. The number of halogens is 5. The minimum Gasteiger partial charge on any atom is -0.315 e. The van der Waals surface area contributed by atoms with E-state index in [4.69, 9.17) is 11.6 Å². The van der Waals surface area contributed by atoms with Gasteiger partial charge in [-0.15, -0.1) is 0 Å². The zero-order valence-corrected chi connectivity index (χ0v) is 11.1. The highest BCUT2D eigenvalue weighted by Gasteiger charge is 2.57. The highest BCUT2D eigenvalue weighted by Crippen LogP contribution is 2.46. The van der Waals surface area contributed by atoms with E-state index in [-0.39, 0.29) is 18.5 Å². The summed E-state index contributed by atoms with van der Waals surface area (Å²) in [5.41, 5.74) is -1.60. The molecule has 0 bridgehead atoms. The first-order valence-electron chi connectivity index (χ1n) is 5.09. The maximum atomic E-state index is 13.3. The first-order valence-corrected chi connectivity index (χ1v) is 6.26. The molecule has 0 radical (unpaired) electrons. The molecular weight excluding hydrogens is 318 g/mol. The number of hydrogen-bond acceptors (Lipinski definition) is 1. The van der Waals surface area contributed by atoms with Crippen LogP contribution in [0.5, 0.6) is 0 Å². The van der Waals surface area contributed by atoms with Crippen LogP contribution in [-0.2, 0) is 5.41 Å². The summed E-state index contributed by atoms with van der Waals surface area (Å²) in [5, 5.41) is 3.09. The first-order chi connectivity index (χ1) is 7.85. The Kier molecular flexibility index (Phi) is 3.45. The third-order valence-electron chi connectivity index (χ3n) is 3.11. The lowest BCUT2D eigenvalue weighted by molar-refractivity contribution is -0.185. The molecule has 6 heteroatoms. The van der Waals surface area contributed by atoms with Gasteiger partial charge in [-0.25, -0.2) is 0 Å². The molecule has 0 amide bonds. The van der Waals surface area contributed by atoms with E-state index in [1.165, 1.54) is 12.1 Å². The fourth-order valence-electron chi connectivity index (χ4n) is 2.17. The molecule has 1 atom stereocenters. The summed E-state index contributed by atoms with van der Waals surface area (Å²) >= 11 is 9.00. The summed E-state index contributed by atoms with van der Waals surface area (Å²) in [7, 11) is 0. The van der Waals surface area contributed by atoms with Crippen LogP contribution in [0.1, 0.15) is 12.0 Å². The predicted molar refractivity (Wildman–Crippen MR) is 64.4 cm³/mol. The molecule has 0 unspecified atom stereocenters. The van der Waals surface area contributed by atoms with Crippen molar-refractivity contribution in [1.29, 1.82) is 0 Å². The lowest BCUT2D eigenvalue weighted by Gasteiger charge is -2.31. The Labute approximate surface area is 110 Å². The maximum Gasteiger partial charge on any atom is 0.399 e. The van der Waals surface area contributed by atoms with Crippen molar-refractivity contribution in [2.75, 3.05) is 13.1 Å². The van der Waals surface area contributed by atoms with Gasteiger partial charge in [0.2, 0.25) is 0 Å². The van der Waals surface area contributed by atoms with Crippen LogP contribution in [0.2, 0.25) is 5.02 Å². The van der Waals surface area contributed by atoms with Gasteiger partial charge in [0.15, 0.2) is 0 Å². The quantitative estimate of drug-likeness (QED) is 0.824. The van der Waals surface area contributed by atoms with E-state index in [2.05, 4.69) is 21.2 Å². The second-order valence-corrected chi connectivity index (χ2v) is 5.52. The summed E-state index contributed by atoms with van der Waals surface area (Å²) in [6.45, 7) is 0.271. The van der Waals surface area contributed by atoms with Gasteiger partial charge in [0.1, 0.15) is 5.41 Å². The van der Waals surface area contributed by atoms with E-state index in [0.717, 1.165) is 0 Å². The Hall–Kier alpha value is -0.260. The average molecular weight is 329 g/mol. The molecule has 1 nitrogen and oxygen atoms in total. The molecule has 17 heavy (non-hydrogen) atoms. The Morgan fingerprint density at radius 3 is 2.47 bits per heavy atom. The zero-order chi connectivity index (χ0) is 12.7. The van der Waals surface area contributed by atoms with Crippen LogP contribution in [0.25, 0.3) is 0 Å². The van der Waals surface area contributed by atoms with Crippen LogP contribution in [0.15, 0.2) is 22.7 Å². The van der Waals surface area contributed by atoms with Crippen molar-refractivity contribution in [2.24, 2.45) is 0 Å². The number of alkyl halides is 3. The van der Waals surface area contributed by atoms with Gasteiger partial charge in [0.05, 0.1) is 0 Å². The Morgan fingerprint density at radius 1 is 1.29 bits per heavy atom. The summed E-state index contributed by atoms with van der Waals surface area (Å²) < 4.78 is 40.4. The molecule has 0 aliphatic carbocycles. The monoisotopic (exact) mass is 327 g/mol. The molecule has 2 rings (SSSR count). The van der Waals surface area contributed by atoms with Crippen molar-refractivity contribution in [3.63, 3.8) is 0 Å². The molecule has 94 valence electrons. The van der Waals surface area contributed by atoms with Crippen molar-refractivity contribution >= 4 is 27.5 Å². The zero-order valence-electron chi connectivity index (χ0n) is 8.74. The van der Waals surface area contributed by atoms with Crippen LogP contribution in [0, 0.1) is 0 Å². The molecule has 1 aromatic carbocycles. The van der Waals surface area contributed by atoms with E-state index in [0.29, 0.717) is 16.0 Å². The lowest BCUT2D eigenvalue weighted by atomic mass is 9.79. The molecule has 1 aliphatic rings. The first kappa shape index (κ1) is 13.2. The van der Waals surface area contributed by atoms with E-state index in [9.17, 15) is 13.2 Å². The van der Waals surface area contributed by atoms with Gasteiger partial charge in [-0.1, -0.05) is 27.5 Å². The second-order valence-electron chi connectivity index (χ2n) is 4.16. The molecule has 0 saturated carbocycles. The maximum absolute atomic E-state index is 13.3. The standard InChI is InChI=1S/C11H10BrClF3N/c12-8-3-7(4-9(13)5-8)10(11(14,15)16)1-2-17-6-10/h3-5,17H,1-2,6H2/t10-/m1/s1. The van der Waals surface area contributed by atoms with Crippen molar-refractivity contribution in [2.45, 2.75) is 18.0 Å². The fourth-order valence-corrected chi connectivity index (χ4v) is 3.03. The molecule has 1 heterocycles. The van der Waals surface area contributed by atoms with Crippen molar-refractivity contribution in [3.8, 4) is 0 Å². The highest BCUT2D eigenvalue weighted by molar-refractivity contribution is 9.10. The van der Waals surface area contributed by atoms with Gasteiger partial charge in [0.25, 0.3) is 0 Å². The molecule has 0 spiro atoms. The van der Waals surface area contributed by atoms with Gasteiger partial charge in [-0.2, -0.15) is 13.2 Å². The van der Waals surface area contributed by atoms with Crippen LogP contribution < -0.4 is 5.32 Å². The smallest absolute Gasteiger partial charge is 0.315 e. The highest BCUT2D eigenvalue weighted by atomic mass is 79.9. The van der Waals surface area contributed by atoms with E-state index < -0.39 is 11.6 Å². The molecule has 1 fully saturated rings. The third kappa shape index (κ3) is 2.33. The fraction of sp³-hybridized carbons (Fsp3) is 0.455. The third-order valence-corrected chi connectivity index (χ3v) is 3.79. The molecule has 1 aromatic rings. The largest absolute Gasteiger partial charge is 0.399 e. The average Bonchev–Trinajstić information content (AvgIpc) is 2.64. The van der Waals surface area contributed by atoms with Crippen molar-refractivity contribution < 1.29 is 13.2 Å². The minimum atomic E-state index is -4.28. The number of nitrogens with one attached hydrogen (secondary N) is 1. The van der Waals surface area contributed by atoms with Crippen molar-refractivity contribution in [3.05, 3.63) is 33.3 Å². The van der Waals surface area contributed by atoms with Gasteiger partial charge >= 0.3 is 6.18 Å². The minimum absolute atomic E-state index is 0.0449. The SMILES string of the molecule is FC(F)(F)[C@]1(c2cc(Cl)cc(Br)c2)CCNC1. The van der Waals surface area contributed by atoms with Crippen LogP contribution >= 0.6 is 27.5 Å². The van der Waals surface area contributed by atoms with Gasteiger partial charge in [-0.05, 0) is 36.7 Å². The topological polar surface area (TPSA) is 12.0 Å². The predicted octanol–water partition coefficient (Wildman–Crippen LogP) is 3.90. The Morgan fingerprint density at radius 2 is 2.00 bits per heavy atom. The summed E-state index contributed by atoms with van der Waals surface area (Å²) in [6, 6.07) is 4.47. The molecule has 1 N–H and O–H groups in total. The molecule has 1 saturated heterocycles.